The molecule has 2 aromatic rings. The van der Waals surface area contributed by atoms with E-state index in [4.69, 9.17) is 25.8 Å². The van der Waals surface area contributed by atoms with Gasteiger partial charge in [0.1, 0.15) is 17.4 Å². The summed E-state index contributed by atoms with van der Waals surface area (Å²) in [7, 11) is 1.49. The van der Waals surface area contributed by atoms with Crippen LogP contribution in [0.2, 0.25) is 5.02 Å². The molecule has 7 heteroatoms. The summed E-state index contributed by atoms with van der Waals surface area (Å²) < 4.78 is 16.1. The highest BCUT2D eigenvalue weighted by Gasteiger charge is 2.14. The molecule has 28 heavy (non-hydrogen) atoms. The molecule has 0 heterocycles. The Bertz CT molecular complexity index is 902. The molecule has 0 unspecified atom stereocenters. The number of hydrogen-bond donors (Lipinski definition) is 1. The van der Waals surface area contributed by atoms with E-state index >= 15 is 0 Å². The van der Waals surface area contributed by atoms with Gasteiger partial charge in [-0.1, -0.05) is 11.6 Å². The molecule has 0 atom stereocenters. The Morgan fingerprint density at radius 1 is 1.18 bits per heavy atom. The molecule has 146 valence electrons. The number of carbonyl (C=O) groups excluding carboxylic acids is 1. The molecule has 2 rings (SSSR count). The minimum atomic E-state index is -0.531. The van der Waals surface area contributed by atoms with Crippen LogP contribution in [0, 0.1) is 11.3 Å². The largest absolute Gasteiger partial charge is 0.494 e. The smallest absolute Gasteiger partial charge is 0.266 e. The Hall–Kier alpha value is -3.17. The van der Waals surface area contributed by atoms with Crippen LogP contribution in [0.3, 0.4) is 0 Å². The number of nitrogens with one attached hydrogen (secondary N) is 1. The maximum Gasteiger partial charge on any atom is 0.266 e. The summed E-state index contributed by atoms with van der Waals surface area (Å²) in [5.74, 6) is 1.01. The number of carbonyl (C=O) groups is 1. The van der Waals surface area contributed by atoms with E-state index in [1.165, 1.54) is 13.2 Å². The fourth-order valence-corrected chi connectivity index (χ4v) is 2.74. The first kappa shape index (κ1) is 21.1. The quantitative estimate of drug-likeness (QED) is 0.513. The van der Waals surface area contributed by atoms with Gasteiger partial charge in [-0.05, 0) is 61.9 Å². The first-order chi connectivity index (χ1) is 13.5. The van der Waals surface area contributed by atoms with E-state index in [1.54, 1.807) is 36.4 Å². The van der Waals surface area contributed by atoms with Gasteiger partial charge in [-0.25, -0.2) is 0 Å². The van der Waals surface area contributed by atoms with Gasteiger partial charge < -0.3 is 19.5 Å². The average Bonchev–Trinajstić information content (AvgIpc) is 2.68. The number of benzene rings is 2. The van der Waals surface area contributed by atoms with Gasteiger partial charge in [0.2, 0.25) is 0 Å². The van der Waals surface area contributed by atoms with Crippen LogP contribution >= 0.6 is 11.6 Å². The summed E-state index contributed by atoms with van der Waals surface area (Å²) in [6, 6.07) is 12.1. The molecule has 1 N–H and O–H groups in total. The predicted octanol–water partition coefficient (Wildman–Crippen LogP) is 4.69. The first-order valence-corrected chi connectivity index (χ1v) is 9.06. The van der Waals surface area contributed by atoms with E-state index < -0.39 is 5.91 Å². The van der Waals surface area contributed by atoms with Gasteiger partial charge in [-0.15, -0.1) is 0 Å². The van der Waals surface area contributed by atoms with Crippen molar-refractivity contribution < 1.29 is 19.0 Å². The number of nitriles is 1. The van der Waals surface area contributed by atoms with Crippen molar-refractivity contribution in [2.45, 2.75) is 13.8 Å². The molecule has 0 radical (unpaired) electrons. The van der Waals surface area contributed by atoms with Crippen molar-refractivity contribution in [1.29, 1.82) is 5.26 Å². The maximum atomic E-state index is 12.5. The number of amides is 1. The van der Waals surface area contributed by atoms with E-state index in [9.17, 15) is 10.1 Å². The molecule has 0 aliphatic heterocycles. The van der Waals surface area contributed by atoms with Gasteiger partial charge in [0.05, 0.1) is 25.3 Å². The number of halogens is 1. The minimum absolute atomic E-state index is 0.0717. The third-order valence-corrected chi connectivity index (χ3v) is 3.92. The molecule has 0 bridgehead atoms. The topological polar surface area (TPSA) is 80.6 Å². The van der Waals surface area contributed by atoms with Crippen molar-refractivity contribution in [3.8, 4) is 23.3 Å². The lowest BCUT2D eigenvalue weighted by atomic mass is 10.1. The SMILES string of the molecule is CCOc1ccc(NC(=O)/C(C#N)=C/c2cc(Cl)c(OC)c(OCC)c2)cc1. The van der Waals surface area contributed by atoms with Crippen LogP contribution in [-0.2, 0) is 4.79 Å². The van der Waals surface area contributed by atoms with Crippen LogP contribution in [0.1, 0.15) is 19.4 Å². The zero-order valence-corrected chi connectivity index (χ0v) is 16.7. The molecule has 0 saturated heterocycles. The normalized spacial score (nSPS) is 10.8. The van der Waals surface area contributed by atoms with E-state index in [1.807, 2.05) is 19.9 Å². The maximum absolute atomic E-state index is 12.5. The second-order valence-corrected chi connectivity index (χ2v) is 5.96. The van der Waals surface area contributed by atoms with Gasteiger partial charge in [0, 0.05) is 5.69 Å². The van der Waals surface area contributed by atoms with Crippen molar-refractivity contribution in [1.82, 2.24) is 0 Å². The molecule has 0 aliphatic rings. The minimum Gasteiger partial charge on any atom is -0.494 e. The number of hydrogen-bond acceptors (Lipinski definition) is 5. The molecule has 0 spiro atoms. The summed E-state index contributed by atoms with van der Waals surface area (Å²) >= 11 is 6.22. The standard InChI is InChI=1S/C21H21ClN2O4/c1-4-27-17-8-6-16(7-9-17)24-21(25)15(13-23)10-14-11-18(22)20(26-3)19(12-14)28-5-2/h6-12H,4-5H2,1-3H3,(H,24,25)/b15-10+. The first-order valence-electron chi connectivity index (χ1n) is 8.68. The lowest BCUT2D eigenvalue weighted by molar-refractivity contribution is -0.112. The zero-order chi connectivity index (χ0) is 20.5. The fourth-order valence-electron chi connectivity index (χ4n) is 2.45. The second-order valence-electron chi connectivity index (χ2n) is 5.55. The zero-order valence-electron chi connectivity index (χ0n) is 15.9. The van der Waals surface area contributed by atoms with E-state index in [-0.39, 0.29) is 5.57 Å². The van der Waals surface area contributed by atoms with Gasteiger partial charge in [-0.3, -0.25) is 4.79 Å². The molecule has 1 amide bonds. The van der Waals surface area contributed by atoms with E-state index in [0.29, 0.717) is 46.7 Å². The summed E-state index contributed by atoms with van der Waals surface area (Å²) in [6.07, 6.45) is 1.44. The lowest BCUT2D eigenvalue weighted by Gasteiger charge is -2.12. The molecule has 0 fully saturated rings. The number of methoxy groups -OCH3 is 1. The number of nitrogens with zero attached hydrogens (tertiary/aromatic N) is 1. The highest BCUT2D eigenvalue weighted by Crippen LogP contribution is 2.37. The fraction of sp³-hybridized carbons (Fsp3) is 0.238. The predicted molar refractivity (Wildman–Crippen MR) is 109 cm³/mol. The monoisotopic (exact) mass is 400 g/mol. The molecule has 0 saturated carbocycles. The number of anilines is 1. The van der Waals surface area contributed by atoms with Gasteiger partial charge >= 0.3 is 0 Å². The summed E-state index contributed by atoms with van der Waals surface area (Å²) in [5, 5.41) is 12.4. The Labute approximate surface area is 169 Å². The summed E-state index contributed by atoms with van der Waals surface area (Å²) in [5.41, 5.74) is 1.03. The van der Waals surface area contributed by atoms with E-state index in [2.05, 4.69) is 5.32 Å². The Kier molecular flexibility index (Phi) is 7.73. The van der Waals surface area contributed by atoms with Crippen LogP contribution < -0.4 is 19.5 Å². The van der Waals surface area contributed by atoms with Gasteiger partial charge in [0.25, 0.3) is 5.91 Å². The van der Waals surface area contributed by atoms with Crippen molar-refractivity contribution in [3.05, 3.63) is 52.6 Å². The number of rotatable bonds is 8. The highest BCUT2D eigenvalue weighted by molar-refractivity contribution is 6.32. The second kappa shape index (κ2) is 10.2. The summed E-state index contributed by atoms with van der Waals surface area (Å²) in [6.45, 7) is 4.70. The van der Waals surface area contributed by atoms with E-state index in [0.717, 1.165) is 0 Å². The molecular weight excluding hydrogens is 380 g/mol. The van der Waals surface area contributed by atoms with Crippen molar-refractivity contribution in [2.24, 2.45) is 0 Å². The highest BCUT2D eigenvalue weighted by atomic mass is 35.5. The molecule has 0 aliphatic carbocycles. The number of ether oxygens (including phenoxy) is 3. The van der Waals surface area contributed by atoms with Crippen molar-refractivity contribution in [2.75, 3.05) is 25.6 Å². The van der Waals surface area contributed by atoms with Crippen LogP contribution in [0.15, 0.2) is 42.0 Å². The Morgan fingerprint density at radius 3 is 2.43 bits per heavy atom. The van der Waals surface area contributed by atoms with Crippen LogP contribution in [0.4, 0.5) is 5.69 Å². The third-order valence-electron chi connectivity index (χ3n) is 3.64. The summed E-state index contributed by atoms with van der Waals surface area (Å²) in [4.78, 5) is 12.5. The lowest BCUT2D eigenvalue weighted by Crippen LogP contribution is -2.13. The Morgan fingerprint density at radius 2 is 1.86 bits per heavy atom. The average molecular weight is 401 g/mol. The third kappa shape index (κ3) is 5.41. The van der Waals surface area contributed by atoms with Crippen LogP contribution in [0.5, 0.6) is 17.2 Å². The van der Waals surface area contributed by atoms with Crippen molar-refractivity contribution >= 4 is 29.3 Å². The molecule has 6 nitrogen and oxygen atoms in total. The van der Waals surface area contributed by atoms with Crippen LogP contribution in [-0.4, -0.2) is 26.2 Å². The molecule has 2 aromatic carbocycles. The van der Waals surface area contributed by atoms with Crippen LogP contribution in [0.25, 0.3) is 6.08 Å². The van der Waals surface area contributed by atoms with Gasteiger partial charge in [-0.2, -0.15) is 5.26 Å². The van der Waals surface area contributed by atoms with Gasteiger partial charge in [0.15, 0.2) is 11.5 Å². The molecule has 0 aromatic heterocycles. The van der Waals surface area contributed by atoms with Crippen molar-refractivity contribution in [3.63, 3.8) is 0 Å². The molecular formula is C21H21ClN2O4. The Balaban J connectivity index is 2.25.